The number of fused-ring (bicyclic) bond motifs is 1. The topological polar surface area (TPSA) is 386 Å². The van der Waals surface area contributed by atoms with Crippen molar-refractivity contribution in [2.45, 2.75) is 127 Å². The maximum atomic E-state index is 14.7. The van der Waals surface area contributed by atoms with Gasteiger partial charge in [0.05, 0.1) is 19.3 Å². The number of H-pyrrole nitrogens is 2. The van der Waals surface area contributed by atoms with Gasteiger partial charge in [-0.25, -0.2) is 4.98 Å². The van der Waals surface area contributed by atoms with Crippen LogP contribution in [0.4, 0.5) is 0 Å². The van der Waals surface area contributed by atoms with Crippen LogP contribution in [-0.4, -0.2) is 129 Å². The summed E-state index contributed by atoms with van der Waals surface area (Å²) in [4.78, 5) is 137. The van der Waals surface area contributed by atoms with Gasteiger partial charge in [0, 0.05) is 61.7 Å². The van der Waals surface area contributed by atoms with E-state index in [0.717, 1.165) is 10.9 Å². The lowest BCUT2D eigenvalue weighted by Gasteiger charge is -2.28. The van der Waals surface area contributed by atoms with Gasteiger partial charge < -0.3 is 58.2 Å². The van der Waals surface area contributed by atoms with E-state index in [1.165, 1.54) is 19.4 Å². The van der Waals surface area contributed by atoms with Crippen molar-refractivity contribution in [3.63, 3.8) is 0 Å². The molecule has 0 radical (unpaired) electrons. The van der Waals surface area contributed by atoms with Gasteiger partial charge in [0.15, 0.2) is 0 Å². The molecule has 0 aliphatic carbocycles. The highest BCUT2D eigenvalue weighted by molar-refractivity contribution is 5.99. The van der Waals surface area contributed by atoms with Crippen molar-refractivity contribution in [2.75, 3.05) is 13.1 Å². The molecule has 392 valence electrons. The van der Waals surface area contributed by atoms with Gasteiger partial charge >= 0.3 is 5.96 Å². The summed E-state index contributed by atoms with van der Waals surface area (Å²) in [5.41, 5.74) is 19.5. The number of imidazole rings is 1. The minimum atomic E-state index is -1.57. The van der Waals surface area contributed by atoms with Gasteiger partial charge in [0.25, 0.3) is 0 Å². The lowest BCUT2D eigenvalue weighted by atomic mass is 10.0. The molecule has 2 aromatic heterocycles. The van der Waals surface area contributed by atoms with E-state index in [4.69, 9.17) is 17.2 Å². The second kappa shape index (κ2) is 27.9. The third-order valence-corrected chi connectivity index (χ3v) is 12.1. The average Bonchev–Trinajstić information content (AvgIpc) is 4.03. The van der Waals surface area contributed by atoms with Crippen LogP contribution in [0, 0.1) is 0 Å². The van der Waals surface area contributed by atoms with Crippen molar-refractivity contribution in [1.29, 1.82) is 0 Å². The number of aromatic amines is 2. The van der Waals surface area contributed by atoms with Crippen molar-refractivity contribution in [2.24, 2.45) is 17.2 Å². The van der Waals surface area contributed by atoms with Crippen LogP contribution in [0.15, 0.2) is 73.3 Å². The first-order valence-corrected chi connectivity index (χ1v) is 24.3. The molecule has 1 aliphatic heterocycles. The number of primary amides is 1. The molecule has 4 aromatic rings. The highest BCUT2D eigenvalue weighted by Crippen LogP contribution is 2.20. The molecule has 0 bridgehead atoms. The molecule has 24 nitrogen and oxygen atoms in total. The van der Waals surface area contributed by atoms with E-state index < -0.39 is 102 Å². The van der Waals surface area contributed by atoms with Crippen molar-refractivity contribution < 1.29 is 48.1 Å². The van der Waals surface area contributed by atoms with Crippen LogP contribution in [0.2, 0.25) is 0 Å². The van der Waals surface area contributed by atoms with E-state index in [1.807, 2.05) is 24.3 Å². The predicted octanol–water partition coefficient (Wildman–Crippen LogP) is -3.56. The number of nitrogens with one attached hydrogen (secondary N) is 11. The molecular formula is C49H68N15O9+. The van der Waals surface area contributed by atoms with Gasteiger partial charge in [-0.05, 0) is 55.7 Å². The predicted molar refractivity (Wildman–Crippen MR) is 268 cm³/mol. The summed E-state index contributed by atoms with van der Waals surface area (Å²) in [6.45, 7) is 3.27. The Morgan fingerprint density at radius 3 is 2.08 bits per heavy atom. The van der Waals surface area contributed by atoms with Gasteiger partial charge in [0.1, 0.15) is 42.3 Å². The van der Waals surface area contributed by atoms with Crippen molar-refractivity contribution >= 4 is 70.0 Å². The van der Waals surface area contributed by atoms with Crippen molar-refractivity contribution in [1.82, 2.24) is 57.5 Å². The number of rotatable bonds is 16. The van der Waals surface area contributed by atoms with Gasteiger partial charge in [-0.3, -0.25) is 59.6 Å². The summed E-state index contributed by atoms with van der Waals surface area (Å²) >= 11 is 0. The van der Waals surface area contributed by atoms with Crippen LogP contribution >= 0.6 is 0 Å². The molecule has 0 spiro atoms. The highest BCUT2D eigenvalue weighted by Gasteiger charge is 2.35. The van der Waals surface area contributed by atoms with E-state index in [0.29, 0.717) is 23.2 Å². The van der Waals surface area contributed by atoms with Crippen LogP contribution in [0.1, 0.15) is 82.0 Å². The monoisotopic (exact) mass is 1010 g/mol. The first-order chi connectivity index (χ1) is 35.0. The summed E-state index contributed by atoms with van der Waals surface area (Å²) in [6, 6.07) is 6.74. The maximum Gasteiger partial charge on any atom is 0.338 e. The molecule has 0 unspecified atom stereocenters. The zero-order chi connectivity index (χ0) is 52.9. The summed E-state index contributed by atoms with van der Waals surface area (Å²) in [6.07, 6.45) is 5.05. The lowest BCUT2D eigenvalue weighted by Crippen LogP contribution is -2.78. The summed E-state index contributed by atoms with van der Waals surface area (Å²) < 4.78 is 0. The van der Waals surface area contributed by atoms with E-state index >= 15 is 0 Å². The Balaban J connectivity index is 1.55. The first kappa shape index (κ1) is 55.6. The fraction of sp³-hybridized carbons (Fsp3) is 0.449. The SMILES string of the molecule is CCC[C@H](NC(C)=O)C(=O)N[C@H]1CC(=O)NCCCC[C@@H](C(N)=O)NC(=O)[C@H](Cc2c[nH]c3ccccc23)NC(=O)[C@H](CCC[NH+]=C(N)N)NC(=O)[C@@H](Cc2ccccc2)NC(=O)[C@H](Cc2cnc[nH]2)NC1=O. The average molecular weight is 1010 g/mol. The molecular weight excluding hydrogens is 943 g/mol. The molecule has 3 heterocycles. The Morgan fingerprint density at radius 1 is 0.767 bits per heavy atom. The van der Waals surface area contributed by atoms with Gasteiger partial charge in [-0.2, -0.15) is 0 Å². The zero-order valence-electron chi connectivity index (χ0n) is 41.0. The molecule has 1 aliphatic rings. The molecule has 73 heavy (non-hydrogen) atoms. The Morgan fingerprint density at radius 2 is 1.41 bits per heavy atom. The fourth-order valence-corrected chi connectivity index (χ4v) is 8.31. The number of carbonyl (C=O) groups excluding carboxylic acids is 9. The molecule has 5 rings (SSSR count). The van der Waals surface area contributed by atoms with E-state index in [-0.39, 0.29) is 76.8 Å². The minimum absolute atomic E-state index is 0.0192. The Labute approximate surface area is 421 Å². The Kier molecular flexibility index (Phi) is 21.3. The number of hydrogen-bond donors (Lipinski definition) is 14. The first-order valence-electron chi connectivity index (χ1n) is 24.3. The second-order valence-electron chi connectivity index (χ2n) is 17.9. The number of carbonyl (C=O) groups is 9. The molecule has 2 aromatic carbocycles. The van der Waals surface area contributed by atoms with Gasteiger partial charge in [-0.15, -0.1) is 0 Å². The van der Waals surface area contributed by atoms with E-state index in [1.54, 1.807) is 43.5 Å². The number of guanidine groups is 1. The number of amides is 9. The highest BCUT2D eigenvalue weighted by atomic mass is 16.2. The number of aromatic nitrogens is 3. The summed E-state index contributed by atoms with van der Waals surface area (Å²) in [5, 5.41) is 22.3. The maximum absolute atomic E-state index is 14.7. The van der Waals surface area contributed by atoms with Crippen molar-refractivity contribution in [3.8, 4) is 0 Å². The number of nitrogens with two attached hydrogens (primary N) is 3. The molecule has 17 N–H and O–H groups in total. The number of hydrogen-bond acceptors (Lipinski definition) is 10. The third kappa shape index (κ3) is 17.8. The zero-order valence-corrected chi connectivity index (χ0v) is 41.0. The van der Waals surface area contributed by atoms with Crippen LogP contribution < -0.4 is 64.7 Å². The molecule has 0 saturated carbocycles. The number of benzene rings is 2. The Hall–Kier alpha value is -8.31. The fourth-order valence-electron chi connectivity index (χ4n) is 8.31. The van der Waals surface area contributed by atoms with Crippen LogP contribution in [0.25, 0.3) is 10.9 Å². The van der Waals surface area contributed by atoms with Gasteiger partial charge in [-0.1, -0.05) is 61.9 Å². The van der Waals surface area contributed by atoms with Gasteiger partial charge in [0.2, 0.25) is 53.2 Å². The summed E-state index contributed by atoms with van der Waals surface area (Å²) in [7, 11) is 0. The molecule has 1 fully saturated rings. The number of para-hydroxylation sites is 1. The molecule has 24 heteroatoms. The van der Waals surface area contributed by atoms with E-state index in [9.17, 15) is 43.2 Å². The number of nitrogens with zero attached hydrogens (tertiary/aromatic N) is 1. The quantitative estimate of drug-likeness (QED) is 0.0295. The molecule has 9 amide bonds. The van der Waals surface area contributed by atoms with Crippen LogP contribution in [0.5, 0.6) is 0 Å². The van der Waals surface area contributed by atoms with Crippen LogP contribution in [0.3, 0.4) is 0 Å². The van der Waals surface area contributed by atoms with E-state index in [2.05, 4.69) is 62.5 Å². The largest absolute Gasteiger partial charge is 0.368 e. The third-order valence-electron chi connectivity index (χ3n) is 12.1. The normalized spacial score (nSPS) is 21.5. The minimum Gasteiger partial charge on any atom is -0.368 e. The standard InChI is InChI=1S/C49H67N15O9/c1-3-12-35(58-28(2)65)43(68)64-40-24-41(66)54-19-10-9-17-34(42(50)67)59-46(71)38(22-30-25-56-33-16-8-7-15-32(30)33)62-44(69)36(18-11-20-55-49(51)52)60-45(70)37(21-29-13-5-4-6-14-29)61-47(72)39(63-48(40)73)23-31-26-53-27-57-31/h4-8,13-16,25-27,34-40,56H,3,9-12,17-24H2,1-2H3,(H2,50,67)(H,53,57)(H,54,66)(H,58,65)(H,59,71)(H,60,70)(H,61,72)(H,62,69)(H,63,73)(H,64,68)(H4,51,52,55)/p+1/t34-,35-,36-,37+,38-,39-,40-/m0/s1. The molecule has 1 saturated heterocycles. The van der Waals surface area contributed by atoms with Crippen molar-refractivity contribution in [3.05, 3.63) is 90.1 Å². The second-order valence-corrected chi connectivity index (χ2v) is 17.9. The smallest absolute Gasteiger partial charge is 0.338 e. The molecule has 7 atom stereocenters. The lowest BCUT2D eigenvalue weighted by molar-refractivity contribution is -0.459. The van der Waals surface area contributed by atoms with Crippen LogP contribution in [-0.2, 0) is 62.4 Å². The Bertz CT molecular complexity index is 2560. The summed E-state index contributed by atoms with van der Waals surface area (Å²) in [5.74, 6) is -6.95.